The molecular weight excluding hydrogens is 202 g/mol. The summed E-state index contributed by atoms with van der Waals surface area (Å²) in [5.74, 6) is -1.26. The Morgan fingerprint density at radius 2 is 1.81 bits per heavy atom. The Hall–Kier alpha value is -2.16. The average molecular weight is 212 g/mol. The summed E-state index contributed by atoms with van der Waals surface area (Å²) in [6, 6.07) is 12.6. The van der Waals surface area contributed by atoms with E-state index in [0.717, 1.165) is 11.1 Å². The summed E-state index contributed by atoms with van der Waals surface area (Å²) in [5, 5.41) is 10.7. The first-order chi connectivity index (χ1) is 7.66. The van der Waals surface area contributed by atoms with Gasteiger partial charge in [-0.05, 0) is 19.1 Å². The monoisotopic (exact) mass is 212 g/mol. The predicted octanol–water partition coefficient (Wildman–Crippen LogP) is 1.42. The van der Waals surface area contributed by atoms with Crippen LogP contribution in [0.25, 0.3) is 11.3 Å². The highest BCUT2D eigenvalue weighted by Gasteiger charge is 2.01. The number of pyridine rings is 1. The van der Waals surface area contributed by atoms with Crippen LogP contribution in [-0.4, -0.2) is 11.0 Å². The molecule has 0 amide bonds. The third-order valence-electron chi connectivity index (χ3n) is 2.31. The number of aromatic carboxylic acids is 1. The Bertz CT molecular complexity index is 518. The van der Waals surface area contributed by atoms with Gasteiger partial charge in [0.25, 0.3) is 0 Å². The molecule has 0 bridgehead atoms. The maximum atomic E-state index is 10.7. The molecule has 0 fully saturated rings. The number of nitrogens with zero attached hydrogens (tertiary/aromatic N) is 1. The van der Waals surface area contributed by atoms with Gasteiger partial charge >= 0.3 is 0 Å². The number of carbonyl (C=O) groups is 1. The topological polar surface area (TPSA) is 53.0 Å². The molecule has 0 saturated carbocycles. The molecule has 2 rings (SSSR count). The van der Waals surface area contributed by atoms with E-state index in [1.54, 1.807) is 12.1 Å². The Labute approximate surface area is 93.4 Å². The Balaban J connectivity index is 2.44. The molecule has 0 saturated heterocycles. The van der Waals surface area contributed by atoms with Crippen molar-refractivity contribution in [1.29, 1.82) is 0 Å². The van der Waals surface area contributed by atoms with Crippen molar-refractivity contribution in [2.45, 2.75) is 6.92 Å². The smallest absolute Gasteiger partial charge is 0.0900 e. The molecule has 80 valence electrons. The van der Waals surface area contributed by atoms with Crippen LogP contribution in [0, 0.1) is 6.92 Å². The van der Waals surface area contributed by atoms with Crippen LogP contribution in [0.2, 0.25) is 0 Å². The van der Waals surface area contributed by atoms with Gasteiger partial charge in [-0.1, -0.05) is 35.9 Å². The van der Waals surface area contributed by atoms with Gasteiger partial charge in [-0.2, -0.15) is 0 Å². The first-order valence-electron chi connectivity index (χ1n) is 4.92. The largest absolute Gasteiger partial charge is 0.543 e. The minimum Gasteiger partial charge on any atom is -0.543 e. The van der Waals surface area contributed by atoms with Crippen LogP contribution in [0.5, 0.6) is 0 Å². The summed E-state index contributed by atoms with van der Waals surface area (Å²) in [6.45, 7) is 1.99. The zero-order chi connectivity index (χ0) is 11.5. The predicted molar refractivity (Wildman–Crippen MR) is 58.7 cm³/mol. The van der Waals surface area contributed by atoms with Gasteiger partial charge in [-0.25, -0.2) is 4.98 Å². The van der Waals surface area contributed by atoms with Crippen LogP contribution in [0.3, 0.4) is 0 Å². The number of carboxylic acid groups (broad SMARTS) is 1. The molecule has 2 aromatic rings. The molecule has 16 heavy (non-hydrogen) atoms. The van der Waals surface area contributed by atoms with Gasteiger partial charge in [0.2, 0.25) is 0 Å². The number of carboxylic acids is 1. The van der Waals surface area contributed by atoms with Crippen LogP contribution in [0.4, 0.5) is 0 Å². The van der Waals surface area contributed by atoms with E-state index >= 15 is 0 Å². The van der Waals surface area contributed by atoms with Gasteiger partial charge in [0.05, 0.1) is 17.4 Å². The van der Waals surface area contributed by atoms with E-state index < -0.39 is 5.97 Å². The lowest BCUT2D eigenvalue weighted by atomic mass is 10.1. The Morgan fingerprint density at radius 3 is 2.44 bits per heavy atom. The SMILES string of the molecule is Cc1ccc(-c2cccc(C(=O)[O-])n2)cc1. The molecule has 0 radical (unpaired) electrons. The van der Waals surface area contributed by atoms with E-state index in [2.05, 4.69) is 4.98 Å². The van der Waals surface area contributed by atoms with Crippen LogP contribution < -0.4 is 5.11 Å². The highest BCUT2D eigenvalue weighted by molar-refractivity contribution is 5.84. The average Bonchev–Trinajstić information content (AvgIpc) is 2.30. The molecular formula is C13H10NO2-. The highest BCUT2D eigenvalue weighted by Crippen LogP contribution is 2.17. The lowest BCUT2D eigenvalue weighted by Gasteiger charge is -2.05. The molecule has 1 heterocycles. The zero-order valence-electron chi connectivity index (χ0n) is 8.81. The first-order valence-corrected chi connectivity index (χ1v) is 4.92. The van der Waals surface area contributed by atoms with Crippen molar-refractivity contribution in [2.75, 3.05) is 0 Å². The molecule has 0 spiro atoms. The molecule has 3 nitrogen and oxygen atoms in total. The maximum Gasteiger partial charge on any atom is 0.0900 e. The summed E-state index contributed by atoms with van der Waals surface area (Å²) in [4.78, 5) is 14.7. The molecule has 0 aliphatic rings. The summed E-state index contributed by atoms with van der Waals surface area (Å²) in [6.07, 6.45) is 0. The molecule has 3 heteroatoms. The van der Waals surface area contributed by atoms with Crippen molar-refractivity contribution < 1.29 is 9.90 Å². The summed E-state index contributed by atoms with van der Waals surface area (Å²) >= 11 is 0. The van der Waals surface area contributed by atoms with Crippen molar-refractivity contribution in [3.05, 3.63) is 53.7 Å². The van der Waals surface area contributed by atoms with E-state index in [1.807, 2.05) is 31.2 Å². The van der Waals surface area contributed by atoms with Gasteiger partial charge in [0, 0.05) is 5.56 Å². The van der Waals surface area contributed by atoms with E-state index in [1.165, 1.54) is 6.07 Å². The van der Waals surface area contributed by atoms with Gasteiger partial charge in [-0.3, -0.25) is 0 Å². The molecule has 0 unspecified atom stereocenters. The number of hydrogen-bond acceptors (Lipinski definition) is 3. The van der Waals surface area contributed by atoms with Gasteiger partial charge in [0.15, 0.2) is 0 Å². The Morgan fingerprint density at radius 1 is 1.12 bits per heavy atom. The number of carbonyl (C=O) groups excluding carboxylic acids is 1. The standard InChI is InChI=1S/C13H11NO2/c1-9-5-7-10(8-6-9)11-3-2-4-12(14-11)13(15)16/h2-8H,1H3,(H,15,16)/p-1. The van der Waals surface area contributed by atoms with E-state index in [0.29, 0.717) is 5.69 Å². The van der Waals surface area contributed by atoms with E-state index in [9.17, 15) is 9.90 Å². The fraction of sp³-hybridized carbons (Fsp3) is 0.0769. The lowest BCUT2D eigenvalue weighted by molar-refractivity contribution is -0.255. The van der Waals surface area contributed by atoms with E-state index in [4.69, 9.17) is 0 Å². The molecule has 1 aromatic carbocycles. The van der Waals surface area contributed by atoms with Crippen LogP contribution in [0.1, 0.15) is 16.1 Å². The number of aryl methyl sites for hydroxylation is 1. The second-order valence-electron chi connectivity index (χ2n) is 3.56. The summed E-state index contributed by atoms with van der Waals surface area (Å²) in [7, 11) is 0. The van der Waals surface area contributed by atoms with Crippen molar-refractivity contribution in [3.8, 4) is 11.3 Å². The van der Waals surface area contributed by atoms with Gasteiger partial charge < -0.3 is 9.90 Å². The second-order valence-corrected chi connectivity index (χ2v) is 3.56. The zero-order valence-corrected chi connectivity index (χ0v) is 8.81. The normalized spacial score (nSPS) is 10.1. The van der Waals surface area contributed by atoms with Crippen molar-refractivity contribution in [1.82, 2.24) is 4.98 Å². The second kappa shape index (κ2) is 4.14. The van der Waals surface area contributed by atoms with Crippen molar-refractivity contribution >= 4 is 5.97 Å². The van der Waals surface area contributed by atoms with Gasteiger partial charge in [0.1, 0.15) is 0 Å². The molecule has 0 aliphatic carbocycles. The van der Waals surface area contributed by atoms with Crippen LogP contribution in [-0.2, 0) is 0 Å². The summed E-state index contributed by atoms with van der Waals surface area (Å²) < 4.78 is 0. The van der Waals surface area contributed by atoms with E-state index in [-0.39, 0.29) is 5.69 Å². The number of aromatic nitrogens is 1. The van der Waals surface area contributed by atoms with Crippen molar-refractivity contribution in [2.24, 2.45) is 0 Å². The lowest BCUT2D eigenvalue weighted by Crippen LogP contribution is -2.23. The van der Waals surface area contributed by atoms with Gasteiger partial charge in [-0.15, -0.1) is 0 Å². The maximum absolute atomic E-state index is 10.7. The molecule has 0 atom stereocenters. The summed E-state index contributed by atoms with van der Waals surface area (Å²) in [5.41, 5.74) is 2.65. The van der Waals surface area contributed by atoms with Crippen LogP contribution in [0.15, 0.2) is 42.5 Å². The fourth-order valence-corrected chi connectivity index (χ4v) is 1.43. The third-order valence-corrected chi connectivity index (χ3v) is 2.31. The number of benzene rings is 1. The third kappa shape index (κ3) is 2.08. The quantitative estimate of drug-likeness (QED) is 0.756. The number of hydrogen-bond donors (Lipinski definition) is 0. The number of rotatable bonds is 2. The Kier molecular flexibility index (Phi) is 2.68. The van der Waals surface area contributed by atoms with Crippen molar-refractivity contribution in [3.63, 3.8) is 0 Å². The molecule has 0 N–H and O–H groups in total. The fourth-order valence-electron chi connectivity index (χ4n) is 1.43. The minimum atomic E-state index is -1.26. The minimum absolute atomic E-state index is 0.0434. The molecule has 1 aromatic heterocycles. The molecule has 0 aliphatic heterocycles. The van der Waals surface area contributed by atoms with Crippen LogP contribution >= 0.6 is 0 Å². The first kappa shape index (κ1) is 10.4. The highest BCUT2D eigenvalue weighted by atomic mass is 16.4.